The second-order valence-electron chi connectivity index (χ2n) is 5.98. The zero-order chi connectivity index (χ0) is 14.8. The van der Waals surface area contributed by atoms with Crippen LogP contribution in [0.5, 0.6) is 0 Å². The normalized spacial score (nSPS) is 27.8. The molecule has 1 saturated heterocycles. The fourth-order valence-electron chi connectivity index (χ4n) is 3.21. The van der Waals surface area contributed by atoms with E-state index in [-0.39, 0.29) is 11.9 Å². The summed E-state index contributed by atoms with van der Waals surface area (Å²) in [6.07, 6.45) is 2.80. The van der Waals surface area contributed by atoms with Crippen LogP contribution in [0.4, 0.5) is 0 Å². The minimum absolute atomic E-state index is 0.0546. The van der Waals surface area contributed by atoms with E-state index in [4.69, 9.17) is 5.73 Å². The van der Waals surface area contributed by atoms with Crippen molar-refractivity contribution in [3.63, 3.8) is 0 Å². The summed E-state index contributed by atoms with van der Waals surface area (Å²) in [4.78, 5) is 20.4. The van der Waals surface area contributed by atoms with Crippen LogP contribution < -0.4 is 5.73 Å². The Balaban J connectivity index is 1.64. The predicted octanol–water partition coefficient (Wildman–Crippen LogP) is 1.51. The number of hydrogen-bond donors (Lipinski definition) is 1. The third-order valence-electron chi connectivity index (χ3n) is 4.47. The number of carbonyl (C=O) groups is 1. The van der Waals surface area contributed by atoms with E-state index >= 15 is 0 Å². The first kappa shape index (κ1) is 14.5. The lowest BCUT2D eigenvalue weighted by atomic mass is 9.88. The van der Waals surface area contributed by atoms with Crippen LogP contribution in [0, 0.1) is 5.92 Å². The van der Waals surface area contributed by atoms with E-state index in [1.54, 1.807) is 18.4 Å². The third-order valence-corrected chi connectivity index (χ3v) is 5.20. The summed E-state index contributed by atoms with van der Waals surface area (Å²) in [7, 11) is 1.70. The maximum atomic E-state index is 11.9. The van der Waals surface area contributed by atoms with Crippen molar-refractivity contribution in [3.8, 4) is 0 Å². The molecule has 0 spiro atoms. The molecule has 0 aromatic carbocycles. The number of nitrogens with two attached hydrogens (primary N) is 1. The average molecular weight is 306 g/mol. The molecular formula is C15H22N4OS. The Bertz CT molecular complexity index is 528. The summed E-state index contributed by atoms with van der Waals surface area (Å²) in [6, 6.07) is 2.24. The molecule has 1 aromatic heterocycles. The van der Waals surface area contributed by atoms with Gasteiger partial charge in [-0.1, -0.05) is 0 Å². The van der Waals surface area contributed by atoms with Crippen molar-refractivity contribution in [2.75, 3.05) is 20.1 Å². The first-order valence-corrected chi connectivity index (χ1v) is 8.41. The molecule has 114 valence electrons. The van der Waals surface area contributed by atoms with Gasteiger partial charge in [-0.3, -0.25) is 14.6 Å². The van der Waals surface area contributed by atoms with Crippen molar-refractivity contribution >= 4 is 23.2 Å². The Morgan fingerprint density at radius 2 is 2.38 bits per heavy atom. The highest BCUT2D eigenvalue weighted by Gasteiger charge is 2.33. The van der Waals surface area contributed by atoms with Gasteiger partial charge in [-0.05, 0) is 47.7 Å². The zero-order valence-electron chi connectivity index (χ0n) is 12.4. The smallest absolute Gasteiger partial charge is 0.231 e. The van der Waals surface area contributed by atoms with Crippen LogP contribution in [-0.2, 0) is 11.3 Å². The standard InChI is InChI=1S/C15H22N4OS/c1-18-14(20)7-13(17-15(18)16)12-3-2-5-19(9-12)8-11-4-6-21-10-11/h4,6,10,12-13H,2-3,5,7-9H2,1H3,(H2,16,17). The van der Waals surface area contributed by atoms with Gasteiger partial charge in [0.05, 0.1) is 12.5 Å². The van der Waals surface area contributed by atoms with Gasteiger partial charge in [0.2, 0.25) is 5.91 Å². The molecule has 3 rings (SSSR count). The van der Waals surface area contributed by atoms with Gasteiger partial charge in [0.25, 0.3) is 0 Å². The number of amides is 1. The zero-order valence-corrected chi connectivity index (χ0v) is 13.2. The van der Waals surface area contributed by atoms with E-state index in [0.717, 1.165) is 26.1 Å². The number of piperidine rings is 1. The van der Waals surface area contributed by atoms with Crippen molar-refractivity contribution in [2.24, 2.45) is 16.6 Å². The van der Waals surface area contributed by atoms with Gasteiger partial charge in [-0.25, -0.2) is 4.99 Å². The summed E-state index contributed by atoms with van der Waals surface area (Å²) in [5, 5.41) is 4.33. The lowest BCUT2D eigenvalue weighted by molar-refractivity contribution is -0.127. The Morgan fingerprint density at radius 1 is 1.52 bits per heavy atom. The van der Waals surface area contributed by atoms with E-state index in [2.05, 4.69) is 26.7 Å². The number of carbonyl (C=O) groups excluding carboxylic acids is 1. The van der Waals surface area contributed by atoms with Crippen molar-refractivity contribution in [1.82, 2.24) is 9.80 Å². The monoisotopic (exact) mass is 306 g/mol. The summed E-state index contributed by atoms with van der Waals surface area (Å²) in [6.45, 7) is 3.14. The lowest BCUT2D eigenvalue weighted by Gasteiger charge is -2.37. The minimum atomic E-state index is 0.0546. The molecule has 21 heavy (non-hydrogen) atoms. The van der Waals surface area contributed by atoms with Gasteiger partial charge in [0.1, 0.15) is 0 Å². The molecule has 2 aliphatic rings. The van der Waals surface area contributed by atoms with Crippen LogP contribution >= 0.6 is 11.3 Å². The number of nitrogens with zero attached hydrogens (tertiary/aromatic N) is 3. The first-order chi connectivity index (χ1) is 10.1. The predicted molar refractivity (Wildman–Crippen MR) is 85.1 cm³/mol. The summed E-state index contributed by atoms with van der Waals surface area (Å²) in [5.41, 5.74) is 7.23. The molecule has 0 aliphatic carbocycles. The van der Waals surface area contributed by atoms with Crippen LogP contribution in [0.15, 0.2) is 21.8 Å². The Hall–Kier alpha value is -1.40. The molecule has 2 aliphatic heterocycles. The lowest BCUT2D eigenvalue weighted by Crippen LogP contribution is -2.48. The third kappa shape index (κ3) is 3.27. The van der Waals surface area contributed by atoms with E-state index in [1.165, 1.54) is 16.9 Å². The average Bonchev–Trinajstić information content (AvgIpc) is 2.97. The molecule has 3 heterocycles. The largest absolute Gasteiger partial charge is 0.369 e. The van der Waals surface area contributed by atoms with Crippen LogP contribution in [0.3, 0.4) is 0 Å². The van der Waals surface area contributed by atoms with Crippen molar-refractivity contribution in [2.45, 2.75) is 31.8 Å². The fraction of sp³-hybridized carbons (Fsp3) is 0.600. The second-order valence-corrected chi connectivity index (χ2v) is 6.76. The Morgan fingerprint density at radius 3 is 3.10 bits per heavy atom. The molecule has 6 heteroatoms. The van der Waals surface area contributed by atoms with Crippen LogP contribution in [0.1, 0.15) is 24.8 Å². The van der Waals surface area contributed by atoms with Crippen molar-refractivity contribution in [3.05, 3.63) is 22.4 Å². The maximum Gasteiger partial charge on any atom is 0.231 e. The summed E-state index contributed by atoms with van der Waals surface area (Å²) >= 11 is 1.74. The van der Waals surface area contributed by atoms with Gasteiger partial charge in [0.15, 0.2) is 5.96 Å². The SMILES string of the molecule is CN1C(=O)CC(C2CCCN(Cc3ccsc3)C2)N=C1N. The minimum Gasteiger partial charge on any atom is -0.369 e. The van der Waals surface area contributed by atoms with Crippen molar-refractivity contribution in [1.29, 1.82) is 0 Å². The quantitative estimate of drug-likeness (QED) is 0.920. The van der Waals surface area contributed by atoms with Gasteiger partial charge in [0, 0.05) is 20.1 Å². The van der Waals surface area contributed by atoms with E-state index in [9.17, 15) is 4.79 Å². The molecule has 2 N–H and O–H groups in total. The number of guanidine groups is 1. The van der Waals surface area contributed by atoms with Gasteiger partial charge >= 0.3 is 0 Å². The van der Waals surface area contributed by atoms with Gasteiger partial charge < -0.3 is 5.73 Å². The van der Waals surface area contributed by atoms with E-state index in [1.807, 2.05) is 0 Å². The molecule has 0 saturated carbocycles. The van der Waals surface area contributed by atoms with E-state index in [0.29, 0.717) is 18.3 Å². The van der Waals surface area contributed by atoms with Gasteiger partial charge in [-0.15, -0.1) is 0 Å². The highest BCUT2D eigenvalue weighted by molar-refractivity contribution is 7.07. The second kappa shape index (κ2) is 6.15. The molecule has 1 aromatic rings. The van der Waals surface area contributed by atoms with Gasteiger partial charge in [-0.2, -0.15) is 11.3 Å². The summed E-state index contributed by atoms with van der Waals surface area (Å²) in [5.74, 6) is 0.891. The number of hydrogen-bond acceptors (Lipinski definition) is 5. The highest BCUT2D eigenvalue weighted by Crippen LogP contribution is 2.27. The fourth-order valence-corrected chi connectivity index (χ4v) is 3.87. The molecule has 0 radical (unpaired) electrons. The van der Waals surface area contributed by atoms with Crippen LogP contribution in [0.25, 0.3) is 0 Å². The first-order valence-electron chi connectivity index (χ1n) is 7.46. The van der Waals surface area contributed by atoms with Crippen molar-refractivity contribution < 1.29 is 4.79 Å². The number of rotatable bonds is 3. The molecule has 1 fully saturated rings. The molecule has 0 bridgehead atoms. The molecule has 1 amide bonds. The molecule has 2 atom stereocenters. The highest BCUT2D eigenvalue weighted by atomic mass is 32.1. The number of thiophene rings is 1. The van der Waals surface area contributed by atoms with E-state index < -0.39 is 0 Å². The molecule has 2 unspecified atom stereocenters. The van der Waals surface area contributed by atoms with Crippen LogP contribution in [0.2, 0.25) is 0 Å². The van der Waals surface area contributed by atoms with Crippen LogP contribution in [-0.4, -0.2) is 47.8 Å². The molecular weight excluding hydrogens is 284 g/mol. The maximum absolute atomic E-state index is 11.9. The molecule has 5 nitrogen and oxygen atoms in total. The number of aliphatic imine (C=N–C) groups is 1. The Labute approximate surface area is 129 Å². The summed E-state index contributed by atoms with van der Waals surface area (Å²) < 4.78 is 0. The topological polar surface area (TPSA) is 61.9 Å². The Kier molecular flexibility index (Phi) is 4.26. The number of likely N-dealkylation sites (tertiary alicyclic amines) is 1.